The van der Waals surface area contributed by atoms with E-state index < -0.39 is 0 Å². The van der Waals surface area contributed by atoms with Gasteiger partial charge in [-0.2, -0.15) is 0 Å². The molecule has 0 atom stereocenters. The summed E-state index contributed by atoms with van der Waals surface area (Å²) in [6, 6.07) is 3.47. The second-order valence-corrected chi connectivity index (χ2v) is 6.08. The van der Waals surface area contributed by atoms with Crippen molar-refractivity contribution < 1.29 is 4.74 Å². The van der Waals surface area contributed by atoms with Crippen molar-refractivity contribution in [2.75, 3.05) is 6.61 Å². The number of rotatable bonds is 4. The lowest BCUT2D eigenvalue weighted by Gasteiger charge is -2.19. The van der Waals surface area contributed by atoms with Crippen molar-refractivity contribution in [2.45, 2.75) is 33.7 Å². The lowest BCUT2D eigenvalue weighted by atomic mass is 9.93. The van der Waals surface area contributed by atoms with Gasteiger partial charge in [-0.3, -0.25) is 0 Å². The molecule has 0 aromatic heterocycles. The summed E-state index contributed by atoms with van der Waals surface area (Å²) in [6.45, 7) is 7.50. The molecule has 0 heterocycles. The van der Waals surface area contributed by atoms with E-state index in [1.807, 2.05) is 0 Å². The van der Waals surface area contributed by atoms with E-state index in [9.17, 15) is 0 Å². The zero-order valence-corrected chi connectivity index (χ0v) is 12.0. The Balaban J connectivity index is 2.76. The minimum absolute atomic E-state index is 0.238. The third kappa shape index (κ3) is 4.74. The van der Waals surface area contributed by atoms with Crippen molar-refractivity contribution in [1.82, 2.24) is 0 Å². The van der Waals surface area contributed by atoms with Gasteiger partial charge in [0.05, 0.1) is 11.6 Å². The molecule has 0 fully saturated rings. The Morgan fingerprint density at radius 3 is 2.41 bits per heavy atom. The van der Waals surface area contributed by atoms with E-state index >= 15 is 0 Å². The van der Waals surface area contributed by atoms with Crippen LogP contribution < -0.4 is 10.5 Å². The summed E-state index contributed by atoms with van der Waals surface area (Å²) < 4.78 is 5.72. The maximum atomic E-state index is 6.10. The number of hydrogen-bond donors (Lipinski definition) is 1. The van der Waals surface area contributed by atoms with Gasteiger partial charge in [0.15, 0.2) is 0 Å². The summed E-state index contributed by atoms with van der Waals surface area (Å²) >= 11 is 12.0. The number of benzene rings is 1. The Kier molecular flexibility index (Phi) is 5.11. The van der Waals surface area contributed by atoms with Crippen LogP contribution in [0.15, 0.2) is 12.1 Å². The highest BCUT2D eigenvalue weighted by atomic mass is 35.5. The molecular weight excluding hydrogens is 257 g/mol. The smallest absolute Gasteiger partial charge is 0.142 e. The van der Waals surface area contributed by atoms with Gasteiger partial charge in [-0.15, -0.1) is 0 Å². The molecule has 0 aliphatic rings. The molecule has 96 valence electrons. The van der Waals surface area contributed by atoms with Crippen molar-refractivity contribution >= 4 is 23.2 Å². The van der Waals surface area contributed by atoms with Crippen LogP contribution in [-0.4, -0.2) is 6.61 Å². The van der Waals surface area contributed by atoms with Gasteiger partial charge in [0.1, 0.15) is 5.75 Å². The van der Waals surface area contributed by atoms with E-state index in [0.717, 1.165) is 12.0 Å². The molecule has 1 aromatic rings. The molecule has 0 unspecified atom stereocenters. The first kappa shape index (κ1) is 14.6. The first-order valence-corrected chi connectivity index (χ1v) is 6.40. The van der Waals surface area contributed by atoms with Crippen molar-refractivity contribution in [1.29, 1.82) is 0 Å². The molecule has 0 aliphatic carbocycles. The standard InChI is InChI=1S/C13H19Cl2NO/c1-13(2,3)4-5-17-12-9(8-16)6-10(14)7-11(12)15/h6-7H,4-5,8,16H2,1-3H3. The quantitative estimate of drug-likeness (QED) is 0.891. The predicted molar refractivity (Wildman–Crippen MR) is 73.9 cm³/mol. The number of hydrogen-bond acceptors (Lipinski definition) is 2. The summed E-state index contributed by atoms with van der Waals surface area (Å²) in [4.78, 5) is 0. The molecule has 0 amide bonds. The van der Waals surface area contributed by atoms with E-state index in [1.54, 1.807) is 12.1 Å². The van der Waals surface area contributed by atoms with E-state index in [-0.39, 0.29) is 5.41 Å². The van der Waals surface area contributed by atoms with Crippen molar-refractivity contribution in [3.63, 3.8) is 0 Å². The summed E-state index contributed by atoms with van der Waals surface area (Å²) in [6.07, 6.45) is 0.954. The topological polar surface area (TPSA) is 35.2 Å². The van der Waals surface area contributed by atoms with Gasteiger partial charge in [-0.25, -0.2) is 0 Å². The zero-order valence-electron chi connectivity index (χ0n) is 10.5. The van der Waals surface area contributed by atoms with Gasteiger partial charge in [-0.1, -0.05) is 44.0 Å². The van der Waals surface area contributed by atoms with Gasteiger partial charge >= 0.3 is 0 Å². The predicted octanol–water partition coefficient (Wildman–Crippen LogP) is 4.27. The molecule has 1 rings (SSSR count). The Bertz CT molecular complexity index is 386. The Morgan fingerprint density at radius 2 is 1.88 bits per heavy atom. The molecule has 0 bridgehead atoms. The minimum Gasteiger partial charge on any atom is -0.492 e. The van der Waals surface area contributed by atoms with Crippen LogP contribution in [0.25, 0.3) is 0 Å². The fraction of sp³-hybridized carbons (Fsp3) is 0.538. The summed E-state index contributed by atoms with van der Waals surface area (Å²) in [5, 5.41) is 1.10. The Morgan fingerprint density at radius 1 is 1.24 bits per heavy atom. The third-order valence-electron chi connectivity index (χ3n) is 2.40. The van der Waals surface area contributed by atoms with Crippen molar-refractivity contribution in [3.8, 4) is 5.75 Å². The van der Waals surface area contributed by atoms with E-state index in [1.165, 1.54) is 0 Å². The van der Waals surface area contributed by atoms with E-state index in [0.29, 0.717) is 28.9 Å². The highest BCUT2D eigenvalue weighted by Crippen LogP contribution is 2.32. The van der Waals surface area contributed by atoms with Crippen molar-refractivity contribution in [2.24, 2.45) is 11.1 Å². The van der Waals surface area contributed by atoms with Crippen LogP contribution in [0, 0.1) is 5.41 Å². The van der Waals surface area contributed by atoms with Gasteiger partial charge < -0.3 is 10.5 Å². The lowest BCUT2D eigenvalue weighted by Crippen LogP contribution is -2.12. The van der Waals surface area contributed by atoms with Crippen molar-refractivity contribution in [3.05, 3.63) is 27.7 Å². The average Bonchev–Trinajstić information content (AvgIpc) is 2.18. The summed E-state index contributed by atoms with van der Waals surface area (Å²) in [7, 11) is 0. The molecule has 1 aromatic carbocycles. The van der Waals surface area contributed by atoms with Gasteiger partial charge in [0.2, 0.25) is 0 Å². The maximum absolute atomic E-state index is 6.10. The molecule has 0 saturated heterocycles. The highest BCUT2D eigenvalue weighted by molar-refractivity contribution is 6.35. The molecule has 4 heteroatoms. The maximum Gasteiger partial charge on any atom is 0.142 e. The first-order chi connectivity index (χ1) is 7.83. The van der Waals surface area contributed by atoms with E-state index in [4.69, 9.17) is 33.7 Å². The van der Waals surface area contributed by atoms with Crippen LogP contribution in [0.5, 0.6) is 5.75 Å². The Hall–Kier alpha value is -0.440. The normalized spacial score (nSPS) is 11.6. The number of ether oxygens (including phenoxy) is 1. The van der Waals surface area contributed by atoms with Crippen LogP contribution >= 0.6 is 23.2 Å². The fourth-order valence-electron chi connectivity index (χ4n) is 1.39. The lowest BCUT2D eigenvalue weighted by molar-refractivity contribution is 0.241. The first-order valence-electron chi connectivity index (χ1n) is 5.64. The third-order valence-corrected chi connectivity index (χ3v) is 2.90. The van der Waals surface area contributed by atoms with Crippen LogP contribution in [-0.2, 0) is 6.54 Å². The molecular formula is C13H19Cl2NO. The van der Waals surface area contributed by atoms with Crippen LogP contribution in [0.1, 0.15) is 32.8 Å². The summed E-state index contributed by atoms with van der Waals surface area (Å²) in [5.74, 6) is 0.655. The van der Waals surface area contributed by atoms with Crippen LogP contribution in [0.4, 0.5) is 0 Å². The molecule has 0 aliphatic heterocycles. The highest BCUT2D eigenvalue weighted by Gasteiger charge is 2.13. The summed E-state index contributed by atoms with van der Waals surface area (Å²) in [5.41, 5.74) is 6.73. The van der Waals surface area contributed by atoms with Gasteiger partial charge in [-0.05, 0) is 24.0 Å². The SMILES string of the molecule is CC(C)(C)CCOc1c(Cl)cc(Cl)cc1CN. The molecule has 0 saturated carbocycles. The van der Waals surface area contributed by atoms with Gasteiger partial charge in [0, 0.05) is 17.1 Å². The molecule has 2 nitrogen and oxygen atoms in total. The second-order valence-electron chi connectivity index (χ2n) is 5.24. The largest absolute Gasteiger partial charge is 0.492 e. The molecule has 2 N–H and O–H groups in total. The van der Waals surface area contributed by atoms with E-state index in [2.05, 4.69) is 20.8 Å². The Labute approximate surface area is 113 Å². The molecule has 17 heavy (non-hydrogen) atoms. The fourth-order valence-corrected chi connectivity index (χ4v) is 1.98. The molecule has 0 radical (unpaired) electrons. The molecule has 0 spiro atoms. The number of halogens is 2. The second kappa shape index (κ2) is 5.94. The number of nitrogens with two attached hydrogens (primary N) is 1. The zero-order chi connectivity index (χ0) is 13.1. The van der Waals surface area contributed by atoms with Gasteiger partial charge in [0.25, 0.3) is 0 Å². The van der Waals surface area contributed by atoms with Crippen LogP contribution in [0.2, 0.25) is 10.0 Å². The van der Waals surface area contributed by atoms with Crippen LogP contribution in [0.3, 0.4) is 0 Å². The monoisotopic (exact) mass is 275 g/mol. The average molecular weight is 276 g/mol. The minimum atomic E-state index is 0.238.